The molecule has 2 aliphatic heterocycles. The zero-order valence-electron chi connectivity index (χ0n) is 17.9. The summed E-state index contributed by atoms with van der Waals surface area (Å²) in [6.07, 6.45) is 12.6. The molecule has 0 radical (unpaired) electrons. The standard InChI is InChI=1S/C23H36N4S/c1-18-12-16-26(17-13-18)28-22(20(3)24-4)11-5-9-21-10-6-14-25-23(21)27-15-7-8-19(27)2/h5-6,10-11,14,18-19,24H,7-9,12-13,15-17H2,1-4H3/b11-5+,22-20+. The Morgan fingerprint density at radius 3 is 2.71 bits per heavy atom. The van der Waals surface area contributed by atoms with Crippen LogP contribution in [0.5, 0.6) is 0 Å². The van der Waals surface area contributed by atoms with Gasteiger partial charge in [-0.1, -0.05) is 19.1 Å². The summed E-state index contributed by atoms with van der Waals surface area (Å²) in [5, 5.41) is 3.33. The summed E-state index contributed by atoms with van der Waals surface area (Å²) < 4.78 is 2.52. The SMILES string of the molecule is CN/C(C)=C(\C=C\Cc1cccnc1N1CCCC1C)SN1CCC(C)CC1. The molecule has 28 heavy (non-hydrogen) atoms. The van der Waals surface area contributed by atoms with Crippen molar-refractivity contribution >= 4 is 17.8 Å². The Morgan fingerprint density at radius 2 is 2.04 bits per heavy atom. The molecule has 1 unspecified atom stereocenters. The predicted octanol–water partition coefficient (Wildman–Crippen LogP) is 5.00. The van der Waals surface area contributed by atoms with Crippen molar-refractivity contribution in [1.29, 1.82) is 0 Å². The highest BCUT2D eigenvalue weighted by molar-refractivity contribution is 8.01. The highest BCUT2D eigenvalue weighted by Crippen LogP contribution is 2.30. The van der Waals surface area contributed by atoms with Gasteiger partial charge in [0.2, 0.25) is 0 Å². The van der Waals surface area contributed by atoms with Gasteiger partial charge in [-0.05, 0) is 81.5 Å². The van der Waals surface area contributed by atoms with Gasteiger partial charge in [-0.2, -0.15) is 0 Å². The summed E-state index contributed by atoms with van der Waals surface area (Å²) in [7, 11) is 2.01. The van der Waals surface area contributed by atoms with E-state index in [0.29, 0.717) is 6.04 Å². The van der Waals surface area contributed by atoms with Crippen LogP contribution in [0.2, 0.25) is 0 Å². The molecule has 3 heterocycles. The third kappa shape index (κ3) is 5.54. The van der Waals surface area contributed by atoms with Crippen LogP contribution in [0.15, 0.2) is 41.1 Å². The summed E-state index contributed by atoms with van der Waals surface area (Å²) in [6, 6.07) is 4.88. The number of nitrogens with one attached hydrogen (secondary N) is 1. The Labute approximate surface area is 175 Å². The molecule has 5 heteroatoms. The number of rotatable bonds is 7. The average molecular weight is 401 g/mol. The minimum Gasteiger partial charge on any atom is -0.391 e. The van der Waals surface area contributed by atoms with Crippen molar-refractivity contribution in [2.75, 3.05) is 31.6 Å². The molecule has 4 nitrogen and oxygen atoms in total. The lowest BCUT2D eigenvalue weighted by atomic mass is 10.0. The van der Waals surface area contributed by atoms with Crippen LogP contribution in [0.3, 0.4) is 0 Å². The molecule has 1 atom stereocenters. The van der Waals surface area contributed by atoms with Gasteiger partial charge in [0, 0.05) is 49.5 Å². The number of hydrogen-bond donors (Lipinski definition) is 1. The highest BCUT2D eigenvalue weighted by atomic mass is 32.2. The molecule has 1 aromatic heterocycles. The summed E-state index contributed by atoms with van der Waals surface area (Å²) in [5.74, 6) is 2.04. The van der Waals surface area contributed by atoms with E-state index in [0.717, 1.165) is 18.9 Å². The quantitative estimate of drug-likeness (QED) is 0.514. The lowest BCUT2D eigenvalue weighted by Gasteiger charge is -2.29. The second-order valence-electron chi connectivity index (χ2n) is 8.22. The zero-order valence-corrected chi connectivity index (χ0v) is 18.8. The molecule has 2 saturated heterocycles. The van der Waals surface area contributed by atoms with Gasteiger partial charge in [-0.25, -0.2) is 9.29 Å². The maximum Gasteiger partial charge on any atom is 0.132 e. The highest BCUT2D eigenvalue weighted by Gasteiger charge is 2.23. The van der Waals surface area contributed by atoms with Gasteiger partial charge in [0.15, 0.2) is 0 Å². The molecule has 2 aliphatic rings. The normalized spacial score (nSPS) is 22.7. The number of anilines is 1. The number of aromatic nitrogens is 1. The van der Waals surface area contributed by atoms with Crippen LogP contribution >= 0.6 is 11.9 Å². The number of hydrogen-bond acceptors (Lipinski definition) is 5. The van der Waals surface area contributed by atoms with E-state index in [1.54, 1.807) is 0 Å². The first-order valence-corrected chi connectivity index (χ1v) is 11.5. The number of piperidine rings is 1. The lowest BCUT2D eigenvalue weighted by Crippen LogP contribution is -2.28. The molecule has 0 bridgehead atoms. The molecule has 3 rings (SSSR count). The van der Waals surface area contributed by atoms with E-state index in [-0.39, 0.29) is 0 Å². The average Bonchev–Trinajstić information content (AvgIpc) is 3.14. The van der Waals surface area contributed by atoms with E-state index in [1.165, 1.54) is 60.8 Å². The molecule has 0 spiro atoms. The van der Waals surface area contributed by atoms with Crippen LogP contribution < -0.4 is 10.2 Å². The van der Waals surface area contributed by atoms with Crippen LogP contribution in [0.25, 0.3) is 0 Å². The van der Waals surface area contributed by atoms with E-state index in [2.05, 4.69) is 59.6 Å². The molecule has 154 valence electrons. The number of allylic oxidation sites excluding steroid dienone is 3. The van der Waals surface area contributed by atoms with E-state index in [4.69, 9.17) is 4.98 Å². The minimum atomic E-state index is 0.594. The fraction of sp³-hybridized carbons (Fsp3) is 0.609. The van der Waals surface area contributed by atoms with Crippen molar-refractivity contribution in [3.05, 3.63) is 46.6 Å². The van der Waals surface area contributed by atoms with Crippen LogP contribution in [0, 0.1) is 5.92 Å². The predicted molar refractivity (Wildman–Crippen MR) is 122 cm³/mol. The second-order valence-corrected chi connectivity index (χ2v) is 9.36. The van der Waals surface area contributed by atoms with Crippen molar-refractivity contribution in [1.82, 2.24) is 14.6 Å². The van der Waals surface area contributed by atoms with Crippen molar-refractivity contribution in [2.45, 2.75) is 58.9 Å². The molecular formula is C23H36N4S. The fourth-order valence-corrected chi connectivity index (χ4v) is 5.02. The summed E-state index contributed by atoms with van der Waals surface area (Å²) >= 11 is 1.90. The van der Waals surface area contributed by atoms with Gasteiger partial charge >= 0.3 is 0 Å². The van der Waals surface area contributed by atoms with Gasteiger partial charge in [0.1, 0.15) is 5.82 Å². The Kier molecular flexibility index (Phi) is 7.86. The molecule has 0 aromatic carbocycles. The largest absolute Gasteiger partial charge is 0.391 e. The Morgan fingerprint density at radius 1 is 1.25 bits per heavy atom. The second kappa shape index (κ2) is 10.4. The third-order valence-corrected chi connectivity index (χ3v) is 7.28. The maximum atomic E-state index is 4.72. The van der Waals surface area contributed by atoms with Crippen LogP contribution in [-0.4, -0.2) is 42.0 Å². The molecule has 0 aliphatic carbocycles. The minimum absolute atomic E-state index is 0.594. The molecule has 1 N–H and O–H groups in total. The first kappa shape index (κ1) is 21.3. The van der Waals surface area contributed by atoms with Crippen molar-refractivity contribution in [2.24, 2.45) is 5.92 Å². The van der Waals surface area contributed by atoms with Crippen molar-refractivity contribution in [3.63, 3.8) is 0 Å². The lowest BCUT2D eigenvalue weighted by molar-refractivity contribution is 0.309. The first-order valence-electron chi connectivity index (χ1n) is 10.8. The smallest absolute Gasteiger partial charge is 0.132 e. The summed E-state index contributed by atoms with van der Waals surface area (Å²) in [5.41, 5.74) is 2.56. The molecular weight excluding hydrogens is 364 g/mol. The van der Waals surface area contributed by atoms with Gasteiger partial charge in [-0.3, -0.25) is 0 Å². The van der Waals surface area contributed by atoms with E-state index in [1.807, 2.05) is 25.2 Å². The first-order chi connectivity index (χ1) is 13.6. The van der Waals surface area contributed by atoms with Gasteiger partial charge in [-0.15, -0.1) is 0 Å². The van der Waals surface area contributed by atoms with Gasteiger partial charge in [0.25, 0.3) is 0 Å². The summed E-state index contributed by atoms with van der Waals surface area (Å²) in [6.45, 7) is 10.3. The molecule has 0 amide bonds. The molecule has 0 saturated carbocycles. The maximum absolute atomic E-state index is 4.72. The van der Waals surface area contributed by atoms with Crippen LogP contribution in [0.4, 0.5) is 5.82 Å². The summed E-state index contributed by atoms with van der Waals surface area (Å²) in [4.78, 5) is 8.51. The monoisotopic (exact) mass is 400 g/mol. The topological polar surface area (TPSA) is 31.4 Å². The van der Waals surface area contributed by atoms with E-state index in [9.17, 15) is 0 Å². The van der Waals surface area contributed by atoms with Crippen molar-refractivity contribution < 1.29 is 0 Å². The van der Waals surface area contributed by atoms with E-state index >= 15 is 0 Å². The third-order valence-electron chi connectivity index (χ3n) is 6.01. The fourth-order valence-electron chi connectivity index (χ4n) is 3.95. The Balaban J connectivity index is 1.67. The van der Waals surface area contributed by atoms with Gasteiger partial charge in [0.05, 0.1) is 0 Å². The van der Waals surface area contributed by atoms with Crippen molar-refractivity contribution in [3.8, 4) is 0 Å². The Bertz CT molecular complexity index is 692. The van der Waals surface area contributed by atoms with Crippen LogP contribution in [0.1, 0.15) is 52.0 Å². The zero-order chi connectivity index (χ0) is 19.9. The van der Waals surface area contributed by atoms with E-state index < -0.39 is 0 Å². The Hall–Kier alpha value is -1.46. The number of pyridine rings is 1. The molecule has 2 fully saturated rings. The van der Waals surface area contributed by atoms with Crippen LogP contribution in [-0.2, 0) is 6.42 Å². The number of nitrogens with zero attached hydrogens (tertiary/aromatic N) is 3. The molecule has 1 aromatic rings. The van der Waals surface area contributed by atoms with Gasteiger partial charge < -0.3 is 10.2 Å².